The maximum Gasteiger partial charge on any atom is 0.410 e. The molecule has 0 aromatic heterocycles. The minimum atomic E-state index is -0.459. The third-order valence-corrected chi connectivity index (χ3v) is 5.59. The van der Waals surface area contributed by atoms with Gasteiger partial charge in [-0.15, -0.1) is 6.42 Å². The van der Waals surface area contributed by atoms with Crippen molar-refractivity contribution in [3.8, 4) is 12.3 Å². The largest absolute Gasteiger partial charge is 0.444 e. The summed E-state index contributed by atoms with van der Waals surface area (Å²) in [5.74, 6) is 2.54. The Morgan fingerprint density at radius 3 is 2.14 bits per heavy atom. The summed E-state index contributed by atoms with van der Waals surface area (Å²) in [6.45, 7) is 10.7. The predicted molar refractivity (Wildman–Crippen MR) is 112 cm³/mol. The Morgan fingerprint density at radius 1 is 1.07 bits per heavy atom. The zero-order chi connectivity index (χ0) is 21.3. The monoisotopic (exact) mass is 407 g/mol. The number of rotatable bonds is 4. The molecule has 164 valence electrons. The van der Waals surface area contributed by atoms with E-state index in [4.69, 9.17) is 15.9 Å². The number of nitrogens with zero attached hydrogens (tertiary/aromatic N) is 3. The molecule has 0 spiro atoms. The van der Waals surface area contributed by atoms with Gasteiger partial charge < -0.3 is 24.2 Å². The average molecular weight is 408 g/mol. The van der Waals surface area contributed by atoms with Crippen molar-refractivity contribution in [3.05, 3.63) is 0 Å². The Labute approximate surface area is 175 Å². The van der Waals surface area contributed by atoms with Crippen LogP contribution in [0.25, 0.3) is 0 Å². The summed E-state index contributed by atoms with van der Waals surface area (Å²) < 4.78 is 10.8. The van der Waals surface area contributed by atoms with Gasteiger partial charge in [0.25, 0.3) is 0 Å². The van der Waals surface area contributed by atoms with Crippen molar-refractivity contribution in [2.75, 3.05) is 45.9 Å². The zero-order valence-electron chi connectivity index (χ0n) is 18.3. The first-order chi connectivity index (χ1) is 13.8. The van der Waals surface area contributed by atoms with E-state index in [1.54, 1.807) is 9.80 Å². The molecule has 7 nitrogen and oxygen atoms in total. The van der Waals surface area contributed by atoms with Gasteiger partial charge in [-0.1, -0.05) is 12.3 Å². The van der Waals surface area contributed by atoms with E-state index >= 15 is 0 Å². The number of amides is 2. The Hall–Kier alpha value is -1.78. The molecule has 0 unspecified atom stereocenters. The molecule has 2 heterocycles. The van der Waals surface area contributed by atoms with Crippen molar-refractivity contribution in [1.29, 1.82) is 0 Å². The van der Waals surface area contributed by atoms with E-state index in [2.05, 4.69) is 10.8 Å². The van der Waals surface area contributed by atoms with Gasteiger partial charge in [-0.05, 0) is 46.5 Å². The minimum Gasteiger partial charge on any atom is -0.444 e. The van der Waals surface area contributed by atoms with Crippen LogP contribution in [0.5, 0.6) is 0 Å². The lowest BCUT2D eigenvalue weighted by Crippen LogP contribution is -2.49. The fraction of sp³-hybridized carbons (Fsp3) is 0.818. The molecule has 3 fully saturated rings. The molecule has 3 aliphatic rings. The Kier molecular flexibility index (Phi) is 9.25. The summed E-state index contributed by atoms with van der Waals surface area (Å²) >= 11 is 0. The molecule has 2 aliphatic heterocycles. The van der Waals surface area contributed by atoms with E-state index in [1.807, 2.05) is 20.8 Å². The normalized spacial score (nSPS) is 21.4. The van der Waals surface area contributed by atoms with E-state index in [-0.39, 0.29) is 6.09 Å². The highest BCUT2D eigenvalue weighted by atomic mass is 16.6. The van der Waals surface area contributed by atoms with Crippen molar-refractivity contribution >= 4 is 12.5 Å². The number of carbonyl (C=O) groups excluding carboxylic acids is 2. The molecule has 0 bridgehead atoms. The number of hydrogen-bond acceptors (Lipinski definition) is 5. The van der Waals surface area contributed by atoms with Crippen LogP contribution >= 0.6 is 0 Å². The SMILES string of the molecule is C#CCOC1CCN(C2CCC2)CC1.CC(C)(C)OC(=O)N1CCN(C=O)CC1. The lowest BCUT2D eigenvalue weighted by molar-refractivity contribution is -0.119. The van der Waals surface area contributed by atoms with E-state index in [1.165, 1.54) is 32.4 Å². The molecule has 2 saturated heterocycles. The number of piperazine rings is 1. The third kappa shape index (κ3) is 8.23. The summed E-state index contributed by atoms with van der Waals surface area (Å²) in [5, 5.41) is 0. The quantitative estimate of drug-likeness (QED) is 0.529. The predicted octanol–water partition coefficient (Wildman–Crippen LogP) is 2.35. The van der Waals surface area contributed by atoms with Gasteiger partial charge in [0.2, 0.25) is 6.41 Å². The molecule has 0 radical (unpaired) electrons. The highest BCUT2D eigenvalue weighted by Gasteiger charge is 2.28. The average Bonchev–Trinajstić information content (AvgIpc) is 2.65. The van der Waals surface area contributed by atoms with Gasteiger partial charge in [-0.2, -0.15) is 0 Å². The van der Waals surface area contributed by atoms with E-state index in [0.717, 1.165) is 25.3 Å². The summed E-state index contributed by atoms with van der Waals surface area (Å²) in [6, 6.07) is 0.892. The lowest BCUT2D eigenvalue weighted by Gasteiger charge is -2.41. The van der Waals surface area contributed by atoms with Gasteiger partial charge in [-0.25, -0.2) is 4.79 Å². The van der Waals surface area contributed by atoms with Crippen molar-refractivity contribution in [2.45, 2.75) is 70.6 Å². The molecule has 1 saturated carbocycles. The van der Waals surface area contributed by atoms with Crippen LogP contribution in [0.3, 0.4) is 0 Å². The van der Waals surface area contributed by atoms with E-state index in [9.17, 15) is 9.59 Å². The first kappa shape index (κ1) is 23.5. The minimum absolute atomic E-state index is 0.298. The molecule has 3 rings (SSSR count). The third-order valence-electron chi connectivity index (χ3n) is 5.59. The van der Waals surface area contributed by atoms with Crippen LogP contribution in [0.15, 0.2) is 0 Å². The number of terminal acetylenes is 1. The van der Waals surface area contributed by atoms with Crippen LogP contribution in [0.2, 0.25) is 0 Å². The van der Waals surface area contributed by atoms with Gasteiger partial charge in [0.15, 0.2) is 0 Å². The highest BCUT2D eigenvalue weighted by Crippen LogP contribution is 2.27. The van der Waals surface area contributed by atoms with Crippen molar-refractivity contribution in [3.63, 3.8) is 0 Å². The highest BCUT2D eigenvalue weighted by molar-refractivity contribution is 5.68. The number of carbonyl (C=O) groups is 2. The van der Waals surface area contributed by atoms with Crippen LogP contribution < -0.4 is 0 Å². The molecule has 29 heavy (non-hydrogen) atoms. The standard InChI is InChI=1S/C12H19NO.C10H18N2O3/c1-2-10-14-12-6-8-13(9-7-12)11-4-3-5-11;1-10(2,3)15-9(14)12-6-4-11(8-13)5-7-12/h1,11-12H,3-10H2;8H,4-7H2,1-3H3. The second kappa shape index (κ2) is 11.4. The van der Waals surface area contributed by atoms with Gasteiger partial charge in [-0.3, -0.25) is 4.79 Å². The fourth-order valence-electron chi connectivity index (χ4n) is 3.66. The second-order valence-electron chi connectivity index (χ2n) is 8.94. The zero-order valence-corrected chi connectivity index (χ0v) is 18.3. The smallest absolute Gasteiger partial charge is 0.410 e. The Morgan fingerprint density at radius 2 is 1.69 bits per heavy atom. The summed E-state index contributed by atoms with van der Waals surface area (Å²) in [4.78, 5) is 28.0. The van der Waals surface area contributed by atoms with Gasteiger partial charge in [0, 0.05) is 45.3 Å². The van der Waals surface area contributed by atoms with E-state index < -0.39 is 5.60 Å². The molecule has 0 aromatic rings. The summed E-state index contributed by atoms with van der Waals surface area (Å²) in [5.41, 5.74) is -0.459. The second-order valence-corrected chi connectivity index (χ2v) is 8.94. The number of ether oxygens (including phenoxy) is 2. The van der Waals surface area contributed by atoms with Crippen LogP contribution in [0.1, 0.15) is 52.9 Å². The van der Waals surface area contributed by atoms with Gasteiger partial charge >= 0.3 is 6.09 Å². The molecule has 2 amide bonds. The topological polar surface area (TPSA) is 62.3 Å². The fourth-order valence-corrected chi connectivity index (χ4v) is 3.66. The van der Waals surface area contributed by atoms with Gasteiger partial charge in [0.1, 0.15) is 12.2 Å². The van der Waals surface area contributed by atoms with Crippen LogP contribution in [0.4, 0.5) is 4.79 Å². The summed E-state index contributed by atoms with van der Waals surface area (Å²) in [6.07, 6.45) is 12.7. The van der Waals surface area contributed by atoms with Crippen molar-refractivity contribution < 1.29 is 19.1 Å². The molecule has 0 atom stereocenters. The Bertz CT molecular complexity index is 549. The van der Waals surface area contributed by atoms with Crippen molar-refractivity contribution in [2.24, 2.45) is 0 Å². The first-order valence-corrected chi connectivity index (χ1v) is 10.8. The molecular formula is C22H37N3O4. The molecule has 0 aromatic carbocycles. The molecule has 1 aliphatic carbocycles. The maximum absolute atomic E-state index is 11.6. The molecule has 0 N–H and O–H groups in total. The first-order valence-electron chi connectivity index (χ1n) is 10.8. The maximum atomic E-state index is 11.6. The van der Waals surface area contributed by atoms with Gasteiger partial charge in [0.05, 0.1) is 6.10 Å². The number of likely N-dealkylation sites (tertiary alicyclic amines) is 1. The molecular weight excluding hydrogens is 370 g/mol. The lowest BCUT2D eigenvalue weighted by atomic mass is 9.90. The molecule has 7 heteroatoms. The summed E-state index contributed by atoms with van der Waals surface area (Å²) in [7, 11) is 0. The van der Waals surface area contributed by atoms with Crippen LogP contribution in [-0.2, 0) is 14.3 Å². The Balaban J connectivity index is 0.000000207. The number of hydrogen-bond donors (Lipinski definition) is 0. The van der Waals surface area contributed by atoms with Crippen molar-refractivity contribution in [1.82, 2.24) is 14.7 Å². The van der Waals surface area contributed by atoms with Crippen LogP contribution in [-0.4, -0.2) is 90.8 Å². The number of piperidine rings is 1. The van der Waals surface area contributed by atoms with Crippen LogP contribution in [0, 0.1) is 12.3 Å². The van der Waals surface area contributed by atoms with E-state index in [0.29, 0.717) is 38.9 Å².